The molecule has 1 heterocycles. The third-order valence-corrected chi connectivity index (χ3v) is 9.77. The average molecular weight is 874 g/mol. The van der Waals surface area contributed by atoms with Crippen LogP contribution in [0.25, 0.3) is 0 Å². The molecule has 0 aliphatic carbocycles. The molecule has 0 atom stereocenters. The number of aromatic nitrogens is 3. The van der Waals surface area contributed by atoms with Crippen LogP contribution in [0.2, 0.25) is 5.28 Å². The Kier molecular flexibility index (Phi) is 17.5. The summed E-state index contributed by atoms with van der Waals surface area (Å²) in [5.74, 6) is 1.76. The lowest BCUT2D eigenvalue weighted by atomic mass is 10.2. The van der Waals surface area contributed by atoms with Crippen LogP contribution in [0.4, 0.5) is 40.3 Å². The number of aliphatic imine (C=N–C) groups is 1. The van der Waals surface area contributed by atoms with Crippen molar-refractivity contribution in [1.82, 2.24) is 20.3 Å². The van der Waals surface area contributed by atoms with Crippen molar-refractivity contribution >= 4 is 99.9 Å². The van der Waals surface area contributed by atoms with Crippen molar-refractivity contribution in [2.45, 2.75) is 14.7 Å². The molecule has 1 aromatic heterocycles. The molecule has 0 saturated heterocycles. The number of nitrogens with one attached hydrogen (secondary N) is 3. The van der Waals surface area contributed by atoms with Gasteiger partial charge in [-0.25, -0.2) is 8.42 Å². The first-order valence-electron chi connectivity index (χ1n) is 14.3. The van der Waals surface area contributed by atoms with Crippen LogP contribution in [0.1, 0.15) is 0 Å². The van der Waals surface area contributed by atoms with Crippen LogP contribution in [0.15, 0.2) is 103 Å². The first-order valence-corrected chi connectivity index (χ1v) is 20.0. The Bertz CT molecular complexity index is 2560. The molecule has 56 heavy (non-hydrogen) atoms. The first-order chi connectivity index (χ1) is 25.6. The number of halogens is 1. The van der Waals surface area contributed by atoms with Crippen molar-refractivity contribution in [2.24, 2.45) is 15.2 Å². The largest absolute Gasteiger partial charge is 0.507 e. The number of hydrogen-bond donors (Lipinski definition) is 6. The van der Waals surface area contributed by atoms with E-state index in [4.69, 9.17) is 21.3 Å². The molecule has 3 aromatic carbocycles. The molecule has 0 radical (unpaired) electrons. The molecule has 27 heteroatoms. The zero-order chi connectivity index (χ0) is 39.4. The van der Waals surface area contributed by atoms with Crippen molar-refractivity contribution in [3.05, 3.63) is 77.9 Å². The van der Waals surface area contributed by atoms with Crippen LogP contribution >= 0.6 is 23.4 Å². The van der Waals surface area contributed by atoms with Crippen LogP contribution < -0.4 is 16.0 Å². The smallest absolute Gasteiger partial charge is 0.433 e. The molecule has 0 amide bonds. The standard InChI is InChI=1S/C29H24ClN9O11S4.2H2O/c1-31-11-15-52(41,42)22-8-6-19(7-9-22)38-39-24-18-26(53(43,44)45)25(32-10-3-12-40)17-23(24)34-29-36-27(30)35-28(37-29)33-20-4-2-5-21(16-20)51-14-13-49-50-54(46,47)48;;/h2,4-9,12,16-18,31,40H,11,15H2,1H3,(H,43,44,45)(H,46,47,48)(H2,33,34,35,36,37);2*1H2. The second-order valence-electron chi connectivity index (χ2n) is 9.84. The minimum atomic E-state index is -4.93. The molecule has 0 aliphatic rings. The number of aliphatic hydroxyl groups is 1. The molecule has 0 saturated carbocycles. The van der Waals surface area contributed by atoms with Gasteiger partial charge in [-0.3, -0.25) is 14.0 Å². The molecule has 10 N–H and O–H groups in total. The van der Waals surface area contributed by atoms with E-state index in [-0.39, 0.29) is 68.1 Å². The number of thioether (sulfide) groups is 1. The number of rotatable bonds is 15. The van der Waals surface area contributed by atoms with Gasteiger partial charge in [-0.2, -0.15) is 41.9 Å². The second-order valence-corrected chi connectivity index (χ2v) is 15.5. The Morgan fingerprint density at radius 1 is 0.911 bits per heavy atom. The Labute approximate surface area is 327 Å². The summed E-state index contributed by atoms with van der Waals surface area (Å²) in [4.78, 5) is 20.1. The molecule has 298 valence electrons. The van der Waals surface area contributed by atoms with Gasteiger partial charge >= 0.3 is 10.4 Å². The lowest BCUT2D eigenvalue weighted by Crippen LogP contribution is -2.19. The lowest BCUT2D eigenvalue weighted by molar-refractivity contribution is -0.135. The van der Waals surface area contributed by atoms with E-state index in [0.29, 0.717) is 16.8 Å². The minimum Gasteiger partial charge on any atom is -0.507 e. The molecular formula is C29H28ClN9O13S4. The summed E-state index contributed by atoms with van der Waals surface area (Å²) in [7, 11) is -11.7. The Balaban J connectivity index is 0.00000541. The summed E-state index contributed by atoms with van der Waals surface area (Å²) in [5, 5.41) is 27.7. The third kappa shape index (κ3) is 14.6. The predicted molar refractivity (Wildman–Crippen MR) is 203 cm³/mol. The summed E-state index contributed by atoms with van der Waals surface area (Å²) >= 11 is 7.09. The van der Waals surface area contributed by atoms with Crippen molar-refractivity contribution < 1.29 is 59.6 Å². The normalized spacial score (nSPS) is 11.1. The number of nitrogens with zero attached hydrogens (tertiary/aromatic N) is 6. The van der Waals surface area contributed by atoms with Crippen LogP contribution in [0.5, 0.6) is 0 Å². The maximum absolute atomic E-state index is 12.5. The van der Waals surface area contributed by atoms with E-state index in [0.717, 1.165) is 23.9 Å². The summed E-state index contributed by atoms with van der Waals surface area (Å²) in [6.07, 6.45) is 2.39. The fourth-order valence-corrected chi connectivity index (χ4v) is 6.54. The second kappa shape index (κ2) is 21.0. The van der Waals surface area contributed by atoms with Gasteiger partial charge in [0, 0.05) is 28.2 Å². The fourth-order valence-electron chi connectivity index (χ4n) is 3.85. The topological polar surface area (TPSA) is 356 Å². The van der Waals surface area contributed by atoms with Crippen molar-refractivity contribution in [2.75, 3.05) is 30.0 Å². The van der Waals surface area contributed by atoms with Crippen LogP contribution in [-0.2, 0) is 39.6 Å². The third-order valence-electron chi connectivity index (χ3n) is 6.07. The van der Waals surface area contributed by atoms with Crippen LogP contribution in [0, 0.1) is 11.4 Å². The van der Waals surface area contributed by atoms with Gasteiger partial charge in [-0.15, -0.1) is 5.11 Å². The maximum Gasteiger partial charge on any atom is 0.433 e. The monoisotopic (exact) mass is 873 g/mol. The van der Waals surface area contributed by atoms with Crippen molar-refractivity contribution in [1.29, 1.82) is 0 Å². The molecule has 0 spiro atoms. The van der Waals surface area contributed by atoms with E-state index < -0.39 is 35.2 Å². The quantitative estimate of drug-likeness (QED) is 0.0115. The zero-order valence-electron chi connectivity index (χ0n) is 28.1. The van der Waals surface area contributed by atoms with Crippen molar-refractivity contribution in [3.63, 3.8) is 0 Å². The number of azo groups is 1. The van der Waals surface area contributed by atoms with Gasteiger partial charge in [0.2, 0.25) is 17.2 Å². The summed E-state index contributed by atoms with van der Waals surface area (Å²) in [5.41, 5.74) is 2.12. The van der Waals surface area contributed by atoms with Gasteiger partial charge in [0.15, 0.2) is 15.9 Å². The van der Waals surface area contributed by atoms with Crippen molar-refractivity contribution in [3.8, 4) is 11.4 Å². The molecular weight excluding hydrogens is 846 g/mol. The molecule has 0 unspecified atom stereocenters. The van der Waals surface area contributed by atoms with Gasteiger partial charge in [-0.05, 0) is 95.1 Å². The predicted octanol–water partition coefficient (Wildman–Crippen LogP) is 3.31. The maximum atomic E-state index is 12.5. The SMILES string of the molecule is CNCCS(=O)(=O)c1ccc(N=Nc2cc(S(=O)(=O)O)c(N=C=C=CO)cc2Nc2nc(Cl)nc(Nc3cccc(SC#COOS(=O)(=O)O)c3)n2)cc1.O.O. The van der Waals surface area contributed by atoms with Gasteiger partial charge in [-0.1, -0.05) is 6.07 Å². The fraction of sp³-hybridized carbons (Fsp3) is 0.103. The van der Waals surface area contributed by atoms with Gasteiger partial charge < -0.3 is 32.0 Å². The molecule has 0 aliphatic heterocycles. The summed E-state index contributed by atoms with van der Waals surface area (Å²) < 4.78 is 92.8. The number of hydrogen-bond acceptors (Lipinski definition) is 19. The highest BCUT2D eigenvalue weighted by Crippen LogP contribution is 2.38. The first kappa shape index (κ1) is 46.7. The number of anilines is 4. The van der Waals surface area contributed by atoms with E-state index in [9.17, 15) is 29.8 Å². The highest BCUT2D eigenvalue weighted by Gasteiger charge is 2.21. The Hall–Kier alpha value is -5.49. The van der Waals surface area contributed by atoms with E-state index in [1.54, 1.807) is 31.3 Å². The molecule has 0 bridgehead atoms. The van der Waals surface area contributed by atoms with Gasteiger partial charge in [0.1, 0.15) is 16.8 Å². The lowest BCUT2D eigenvalue weighted by Gasteiger charge is -2.12. The number of aliphatic hydroxyl groups excluding tert-OH is 1. The highest BCUT2D eigenvalue weighted by molar-refractivity contribution is 8.04. The van der Waals surface area contributed by atoms with E-state index in [1.165, 1.54) is 24.3 Å². The van der Waals surface area contributed by atoms with Crippen LogP contribution in [0.3, 0.4) is 0 Å². The van der Waals surface area contributed by atoms with E-state index in [2.05, 4.69) is 72.2 Å². The zero-order valence-corrected chi connectivity index (χ0v) is 32.1. The van der Waals surface area contributed by atoms with Crippen LogP contribution in [-0.4, -0.2) is 90.6 Å². The Morgan fingerprint density at radius 3 is 2.25 bits per heavy atom. The van der Waals surface area contributed by atoms with Gasteiger partial charge in [0.25, 0.3) is 10.1 Å². The van der Waals surface area contributed by atoms with Gasteiger partial charge in [0.05, 0.1) is 27.7 Å². The van der Waals surface area contributed by atoms with E-state index >= 15 is 0 Å². The Morgan fingerprint density at radius 2 is 1.61 bits per heavy atom. The van der Waals surface area contributed by atoms with E-state index in [1.807, 2.05) is 6.11 Å². The molecule has 0 fully saturated rings. The number of benzene rings is 3. The minimum absolute atomic E-state index is 0. The summed E-state index contributed by atoms with van der Waals surface area (Å²) in [6.45, 7) is 0.242. The molecule has 22 nitrogen and oxygen atoms in total. The highest BCUT2D eigenvalue weighted by atomic mass is 35.5. The molecule has 4 rings (SSSR count). The number of sulfone groups is 1. The molecule has 4 aromatic rings. The average Bonchev–Trinajstić information content (AvgIpc) is 3.09. The summed E-state index contributed by atoms with van der Waals surface area (Å²) in [6, 6.07) is 14.0.